The Labute approximate surface area is 185 Å². The van der Waals surface area contributed by atoms with Crippen molar-refractivity contribution in [3.63, 3.8) is 0 Å². The molecule has 164 valence electrons. The maximum atomic E-state index is 13.0. The Balaban J connectivity index is 1.36. The number of halogens is 1. The quantitative estimate of drug-likeness (QED) is 0.581. The lowest BCUT2D eigenvalue weighted by molar-refractivity contribution is 0.295. The van der Waals surface area contributed by atoms with Crippen molar-refractivity contribution in [1.29, 1.82) is 0 Å². The Hall–Kier alpha value is -2.34. The van der Waals surface area contributed by atoms with E-state index in [2.05, 4.69) is 20.3 Å². The molecule has 31 heavy (non-hydrogen) atoms. The van der Waals surface area contributed by atoms with E-state index in [1.165, 1.54) is 6.33 Å². The summed E-state index contributed by atoms with van der Waals surface area (Å²) in [6.07, 6.45) is 4.45. The van der Waals surface area contributed by atoms with Crippen LogP contribution in [0.1, 0.15) is 19.3 Å². The molecule has 2 fully saturated rings. The molecular weight excluding hydrogens is 440 g/mol. The molecule has 2 aliphatic heterocycles. The van der Waals surface area contributed by atoms with Gasteiger partial charge in [-0.15, -0.1) is 5.10 Å². The van der Waals surface area contributed by atoms with Crippen LogP contribution in [0.2, 0.25) is 5.02 Å². The van der Waals surface area contributed by atoms with E-state index in [9.17, 15) is 8.42 Å². The highest BCUT2D eigenvalue weighted by Gasteiger charge is 2.33. The molecule has 0 radical (unpaired) electrons. The minimum Gasteiger partial charge on any atom is -0.352 e. The van der Waals surface area contributed by atoms with Gasteiger partial charge in [0.25, 0.3) is 10.2 Å². The molecule has 3 aromatic rings. The summed E-state index contributed by atoms with van der Waals surface area (Å²) >= 11 is 5.98. The van der Waals surface area contributed by atoms with Crippen molar-refractivity contribution in [2.75, 3.05) is 44.2 Å². The van der Waals surface area contributed by atoms with E-state index in [1.54, 1.807) is 25.4 Å². The van der Waals surface area contributed by atoms with Crippen LogP contribution in [0, 0.1) is 0 Å². The highest BCUT2D eigenvalue weighted by molar-refractivity contribution is 7.86. The van der Waals surface area contributed by atoms with Crippen LogP contribution in [0.25, 0.3) is 16.9 Å². The number of nitrogens with zero attached hydrogens (tertiary/aromatic N) is 8. The van der Waals surface area contributed by atoms with E-state index in [0.717, 1.165) is 24.9 Å². The predicted molar refractivity (Wildman–Crippen MR) is 118 cm³/mol. The van der Waals surface area contributed by atoms with Crippen molar-refractivity contribution in [2.24, 2.45) is 0 Å². The van der Waals surface area contributed by atoms with Gasteiger partial charge in [0.2, 0.25) is 0 Å². The second kappa shape index (κ2) is 8.30. The van der Waals surface area contributed by atoms with Crippen LogP contribution in [0.5, 0.6) is 0 Å². The molecule has 0 bridgehead atoms. The monoisotopic (exact) mass is 462 g/mol. The fourth-order valence-corrected chi connectivity index (χ4v) is 5.91. The molecule has 0 spiro atoms. The molecule has 0 unspecified atom stereocenters. The summed E-state index contributed by atoms with van der Waals surface area (Å²) in [6, 6.07) is 7.27. The average Bonchev–Trinajstić information content (AvgIpc) is 3.25. The predicted octanol–water partition coefficient (Wildman–Crippen LogP) is 1.72. The number of hydrogen-bond acceptors (Lipinski definition) is 7. The average molecular weight is 463 g/mol. The van der Waals surface area contributed by atoms with Crippen LogP contribution in [-0.4, -0.2) is 81.3 Å². The highest BCUT2D eigenvalue weighted by atomic mass is 35.5. The van der Waals surface area contributed by atoms with Gasteiger partial charge < -0.3 is 4.90 Å². The van der Waals surface area contributed by atoms with Crippen molar-refractivity contribution in [1.82, 2.24) is 33.6 Å². The first kappa shape index (κ1) is 20.6. The third-order valence-corrected chi connectivity index (χ3v) is 8.08. The number of fused-ring (bicyclic) bond motifs is 1. The number of hydrogen-bond donors (Lipinski definition) is 0. The van der Waals surface area contributed by atoms with Crippen molar-refractivity contribution in [2.45, 2.75) is 19.3 Å². The fraction of sp³-hybridized carbons (Fsp3) is 0.474. The maximum Gasteiger partial charge on any atom is 0.282 e. The number of benzene rings is 1. The molecule has 0 aliphatic carbocycles. The van der Waals surface area contributed by atoms with Gasteiger partial charge in [0.1, 0.15) is 6.33 Å². The molecule has 0 saturated carbocycles. The lowest BCUT2D eigenvalue weighted by Crippen LogP contribution is -2.54. The number of piperazine rings is 1. The first-order valence-electron chi connectivity index (χ1n) is 10.4. The molecule has 0 N–H and O–H groups in total. The van der Waals surface area contributed by atoms with Crippen molar-refractivity contribution in [3.8, 4) is 5.69 Å². The first-order valence-corrected chi connectivity index (χ1v) is 12.1. The number of piperidine rings is 1. The molecule has 12 heteroatoms. The van der Waals surface area contributed by atoms with Crippen LogP contribution in [0.15, 0.2) is 30.6 Å². The standard InChI is InChI=1S/C19H23ClN8O2S/c20-15-4-6-16(7-5-15)28-19-17(23-24-28)18(21-14-22-19)25-10-12-27(13-11-25)31(29,30)26-8-2-1-3-9-26/h4-7,14H,1-3,8-13H2. The van der Waals surface area contributed by atoms with Crippen LogP contribution in [-0.2, 0) is 10.2 Å². The smallest absolute Gasteiger partial charge is 0.282 e. The van der Waals surface area contributed by atoms with Crippen LogP contribution in [0.3, 0.4) is 0 Å². The van der Waals surface area contributed by atoms with Crippen LogP contribution < -0.4 is 4.90 Å². The Morgan fingerprint density at radius 1 is 0.839 bits per heavy atom. The lowest BCUT2D eigenvalue weighted by atomic mass is 10.2. The maximum absolute atomic E-state index is 13.0. The van der Waals surface area contributed by atoms with Gasteiger partial charge in [-0.1, -0.05) is 23.2 Å². The molecule has 2 aromatic heterocycles. The summed E-state index contributed by atoms with van der Waals surface area (Å²) in [5.74, 6) is 0.667. The summed E-state index contributed by atoms with van der Waals surface area (Å²) < 4.78 is 30.8. The van der Waals surface area contributed by atoms with Crippen molar-refractivity contribution >= 4 is 38.8 Å². The number of anilines is 1. The normalized spacial score (nSPS) is 19.2. The van der Waals surface area contributed by atoms with Gasteiger partial charge in [-0.3, -0.25) is 0 Å². The third-order valence-electron chi connectivity index (χ3n) is 5.80. The first-order chi connectivity index (χ1) is 15.0. The Bertz CT molecular complexity index is 1170. The van der Waals surface area contributed by atoms with E-state index in [0.29, 0.717) is 61.3 Å². The zero-order chi connectivity index (χ0) is 21.4. The molecular formula is C19H23ClN8O2S. The second-order valence-electron chi connectivity index (χ2n) is 7.70. The fourth-order valence-electron chi connectivity index (χ4n) is 4.11. The van der Waals surface area contributed by atoms with Crippen LogP contribution in [0.4, 0.5) is 5.82 Å². The Morgan fingerprint density at radius 2 is 1.52 bits per heavy atom. The van der Waals surface area contributed by atoms with E-state index in [1.807, 2.05) is 17.0 Å². The van der Waals surface area contributed by atoms with Gasteiger partial charge in [-0.2, -0.15) is 21.7 Å². The van der Waals surface area contributed by atoms with Gasteiger partial charge in [0.15, 0.2) is 17.0 Å². The Kier molecular flexibility index (Phi) is 5.51. The molecule has 1 aromatic carbocycles. The molecule has 5 rings (SSSR count). The summed E-state index contributed by atoms with van der Waals surface area (Å²) in [5, 5.41) is 9.19. The van der Waals surface area contributed by atoms with Gasteiger partial charge >= 0.3 is 0 Å². The van der Waals surface area contributed by atoms with E-state index >= 15 is 0 Å². The number of aromatic nitrogens is 5. The SMILES string of the molecule is O=S(=O)(N1CCCCC1)N1CCN(c2ncnc3c2nnn3-c2ccc(Cl)cc2)CC1. The molecule has 10 nitrogen and oxygen atoms in total. The van der Waals surface area contributed by atoms with Gasteiger partial charge in [0, 0.05) is 44.3 Å². The zero-order valence-corrected chi connectivity index (χ0v) is 18.5. The van der Waals surface area contributed by atoms with E-state index < -0.39 is 10.2 Å². The number of rotatable bonds is 4. The van der Waals surface area contributed by atoms with Crippen molar-refractivity contribution < 1.29 is 8.42 Å². The van der Waals surface area contributed by atoms with E-state index in [-0.39, 0.29) is 0 Å². The molecule has 4 heterocycles. The summed E-state index contributed by atoms with van der Waals surface area (Å²) in [6.45, 7) is 3.12. The lowest BCUT2D eigenvalue weighted by Gasteiger charge is -2.38. The second-order valence-corrected chi connectivity index (χ2v) is 10.1. The summed E-state index contributed by atoms with van der Waals surface area (Å²) in [4.78, 5) is 10.8. The van der Waals surface area contributed by atoms with Gasteiger partial charge in [0.05, 0.1) is 5.69 Å². The molecule has 0 atom stereocenters. The minimum atomic E-state index is -3.40. The molecule has 0 amide bonds. The minimum absolute atomic E-state index is 0.412. The summed E-state index contributed by atoms with van der Waals surface area (Å²) in [7, 11) is -3.40. The summed E-state index contributed by atoms with van der Waals surface area (Å²) in [5.41, 5.74) is 1.98. The zero-order valence-electron chi connectivity index (χ0n) is 16.9. The largest absolute Gasteiger partial charge is 0.352 e. The molecule has 2 saturated heterocycles. The van der Waals surface area contributed by atoms with Gasteiger partial charge in [-0.05, 0) is 37.1 Å². The van der Waals surface area contributed by atoms with Crippen molar-refractivity contribution in [3.05, 3.63) is 35.6 Å². The Morgan fingerprint density at radius 3 is 2.23 bits per heavy atom. The molecule has 2 aliphatic rings. The van der Waals surface area contributed by atoms with Crippen LogP contribution >= 0.6 is 11.6 Å². The van der Waals surface area contributed by atoms with Gasteiger partial charge in [-0.25, -0.2) is 9.97 Å². The highest BCUT2D eigenvalue weighted by Crippen LogP contribution is 2.25. The van der Waals surface area contributed by atoms with E-state index in [4.69, 9.17) is 11.6 Å². The topological polar surface area (TPSA) is 100 Å². The third kappa shape index (κ3) is 3.86.